The lowest BCUT2D eigenvalue weighted by atomic mass is 10.3. The molecule has 1 heterocycles. The molecule has 0 aromatic carbocycles. The van der Waals surface area contributed by atoms with E-state index in [4.69, 9.17) is 0 Å². The Morgan fingerprint density at radius 1 is 1.59 bits per heavy atom. The predicted molar refractivity (Wildman–Crippen MR) is 54.6 cm³/mol. The molecule has 0 aliphatic carbocycles. The fourth-order valence-corrected chi connectivity index (χ4v) is 1.58. The molecule has 9 heteroatoms. The first kappa shape index (κ1) is 13.7. The van der Waals surface area contributed by atoms with Gasteiger partial charge in [-0.15, -0.1) is 0 Å². The third kappa shape index (κ3) is 3.84. The SMILES string of the molecule is CCOC(=O)C(C)Nc1nc(C(F)(F)F)ns1. The van der Waals surface area contributed by atoms with E-state index in [-0.39, 0.29) is 11.7 Å². The predicted octanol–water partition coefficient (Wildman–Crippen LogP) is 1.92. The Labute approximate surface area is 99.2 Å². The van der Waals surface area contributed by atoms with E-state index in [0.29, 0.717) is 11.5 Å². The van der Waals surface area contributed by atoms with Gasteiger partial charge in [0.25, 0.3) is 0 Å². The van der Waals surface area contributed by atoms with Gasteiger partial charge in [-0.25, -0.2) is 4.79 Å². The van der Waals surface area contributed by atoms with E-state index in [9.17, 15) is 18.0 Å². The quantitative estimate of drug-likeness (QED) is 0.846. The molecule has 1 atom stereocenters. The average molecular weight is 269 g/mol. The summed E-state index contributed by atoms with van der Waals surface area (Å²) in [4.78, 5) is 14.4. The number of nitrogens with zero attached hydrogens (tertiary/aromatic N) is 2. The van der Waals surface area contributed by atoms with Crippen molar-refractivity contribution in [2.75, 3.05) is 11.9 Å². The Balaban J connectivity index is 2.64. The van der Waals surface area contributed by atoms with Crippen LogP contribution in [0.2, 0.25) is 0 Å². The number of ether oxygens (including phenoxy) is 1. The molecule has 0 aliphatic heterocycles. The molecule has 0 aliphatic rings. The molecule has 1 unspecified atom stereocenters. The summed E-state index contributed by atoms with van der Waals surface area (Å²) in [6.45, 7) is 3.30. The maximum absolute atomic E-state index is 12.2. The topological polar surface area (TPSA) is 64.1 Å². The minimum atomic E-state index is -4.58. The lowest BCUT2D eigenvalue weighted by molar-refractivity contribution is -0.144. The normalized spacial score (nSPS) is 13.2. The van der Waals surface area contributed by atoms with Crippen molar-refractivity contribution in [3.8, 4) is 0 Å². The van der Waals surface area contributed by atoms with Crippen LogP contribution in [-0.4, -0.2) is 28.0 Å². The first-order valence-electron chi connectivity index (χ1n) is 4.68. The number of hydrogen-bond donors (Lipinski definition) is 1. The van der Waals surface area contributed by atoms with E-state index >= 15 is 0 Å². The monoisotopic (exact) mass is 269 g/mol. The highest BCUT2D eigenvalue weighted by Crippen LogP contribution is 2.29. The number of carbonyl (C=O) groups is 1. The fourth-order valence-electron chi connectivity index (χ4n) is 0.909. The summed E-state index contributed by atoms with van der Waals surface area (Å²) < 4.78 is 44.4. The second kappa shape index (κ2) is 5.30. The van der Waals surface area contributed by atoms with Crippen LogP contribution in [0.4, 0.5) is 18.3 Å². The minimum absolute atomic E-state index is 0.0714. The van der Waals surface area contributed by atoms with Gasteiger partial charge in [0.15, 0.2) is 0 Å². The van der Waals surface area contributed by atoms with Gasteiger partial charge >= 0.3 is 12.1 Å². The average Bonchev–Trinajstić information content (AvgIpc) is 2.66. The van der Waals surface area contributed by atoms with Crippen LogP contribution in [-0.2, 0) is 15.7 Å². The summed E-state index contributed by atoms with van der Waals surface area (Å²) in [5, 5.41) is 2.42. The van der Waals surface area contributed by atoms with Crippen molar-refractivity contribution in [2.24, 2.45) is 0 Å². The van der Waals surface area contributed by atoms with Crippen molar-refractivity contribution in [3.63, 3.8) is 0 Å². The molecule has 0 amide bonds. The van der Waals surface area contributed by atoms with Crippen molar-refractivity contribution in [2.45, 2.75) is 26.1 Å². The third-order valence-corrected chi connectivity index (χ3v) is 2.31. The lowest BCUT2D eigenvalue weighted by Crippen LogP contribution is -2.28. The number of esters is 1. The molecule has 1 aromatic heterocycles. The Kier molecular flexibility index (Phi) is 4.27. The van der Waals surface area contributed by atoms with Crippen molar-refractivity contribution >= 4 is 22.6 Å². The summed E-state index contributed by atoms with van der Waals surface area (Å²) >= 11 is 0.540. The largest absolute Gasteiger partial charge is 0.464 e. The second-order valence-electron chi connectivity index (χ2n) is 3.04. The van der Waals surface area contributed by atoms with Crippen molar-refractivity contribution in [3.05, 3.63) is 5.82 Å². The van der Waals surface area contributed by atoms with E-state index in [1.807, 2.05) is 0 Å². The fraction of sp³-hybridized carbons (Fsp3) is 0.625. The van der Waals surface area contributed by atoms with Gasteiger partial charge in [-0.1, -0.05) is 0 Å². The molecule has 0 spiro atoms. The van der Waals surface area contributed by atoms with Gasteiger partial charge in [0, 0.05) is 11.5 Å². The number of halogens is 3. The highest BCUT2D eigenvalue weighted by molar-refractivity contribution is 7.09. The Hall–Kier alpha value is -1.38. The highest BCUT2D eigenvalue weighted by atomic mass is 32.1. The number of aromatic nitrogens is 2. The van der Waals surface area contributed by atoms with Gasteiger partial charge in [-0.2, -0.15) is 22.5 Å². The standard InChI is InChI=1S/C8H10F3N3O2S/c1-3-16-5(15)4(2)12-7-13-6(14-17-7)8(9,10)11/h4H,3H2,1-2H3,(H,12,13,14). The smallest absolute Gasteiger partial charge is 0.452 e. The molecule has 0 fully saturated rings. The van der Waals surface area contributed by atoms with Crippen LogP contribution in [0.5, 0.6) is 0 Å². The summed E-state index contributed by atoms with van der Waals surface area (Å²) in [6.07, 6.45) is -4.58. The van der Waals surface area contributed by atoms with Crippen LogP contribution in [0.1, 0.15) is 19.7 Å². The Morgan fingerprint density at radius 2 is 2.24 bits per heavy atom. The molecule has 1 aromatic rings. The van der Waals surface area contributed by atoms with Crippen molar-refractivity contribution in [1.29, 1.82) is 0 Å². The van der Waals surface area contributed by atoms with Crippen LogP contribution in [0.15, 0.2) is 0 Å². The molecule has 1 rings (SSSR count). The number of alkyl halides is 3. The van der Waals surface area contributed by atoms with E-state index in [1.54, 1.807) is 6.92 Å². The summed E-state index contributed by atoms with van der Waals surface area (Å²) in [7, 11) is 0. The zero-order chi connectivity index (χ0) is 13.1. The van der Waals surface area contributed by atoms with Crippen molar-refractivity contribution < 1.29 is 22.7 Å². The number of rotatable bonds is 4. The summed E-state index contributed by atoms with van der Waals surface area (Å²) in [5.74, 6) is -1.78. The number of nitrogens with one attached hydrogen (secondary N) is 1. The van der Waals surface area contributed by atoms with Gasteiger partial charge in [0.1, 0.15) is 6.04 Å². The molecule has 0 radical (unpaired) electrons. The van der Waals surface area contributed by atoms with Crippen LogP contribution < -0.4 is 5.32 Å². The summed E-state index contributed by atoms with van der Waals surface area (Å²) in [6, 6.07) is -0.774. The highest BCUT2D eigenvalue weighted by Gasteiger charge is 2.36. The molecular weight excluding hydrogens is 259 g/mol. The van der Waals surface area contributed by atoms with Crippen LogP contribution in [0, 0.1) is 0 Å². The molecule has 1 N–H and O–H groups in total. The maximum atomic E-state index is 12.2. The first-order chi connectivity index (χ1) is 7.84. The van der Waals surface area contributed by atoms with Crippen LogP contribution in [0.3, 0.4) is 0 Å². The molecular formula is C8H10F3N3O2S. The number of anilines is 1. The van der Waals surface area contributed by atoms with Gasteiger partial charge in [-0.05, 0) is 13.8 Å². The van der Waals surface area contributed by atoms with E-state index in [1.165, 1.54) is 6.92 Å². The van der Waals surface area contributed by atoms with Gasteiger partial charge in [-0.3, -0.25) is 0 Å². The van der Waals surface area contributed by atoms with E-state index in [0.717, 1.165) is 0 Å². The molecule has 0 bridgehead atoms. The molecule has 0 saturated heterocycles. The molecule has 96 valence electrons. The summed E-state index contributed by atoms with van der Waals surface area (Å²) in [5.41, 5.74) is 0. The zero-order valence-electron chi connectivity index (χ0n) is 9.04. The van der Waals surface area contributed by atoms with Crippen LogP contribution >= 0.6 is 11.5 Å². The number of carbonyl (C=O) groups excluding carboxylic acids is 1. The third-order valence-electron chi connectivity index (χ3n) is 1.66. The van der Waals surface area contributed by atoms with Crippen molar-refractivity contribution in [1.82, 2.24) is 9.36 Å². The minimum Gasteiger partial charge on any atom is -0.464 e. The molecule has 5 nitrogen and oxygen atoms in total. The van der Waals surface area contributed by atoms with Gasteiger partial charge < -0.3 is 10.1 Å². The maximum Gasteiger partial charge on any atom is 0.452 e. The number of hydrogen-bond acceptors (Lipinski definition) is 6. The molecule has 0 saturated carbocycles. The first-order valence-corrected chi connectivity index (χ1v) is 5.46. The van der Waals surface area contributed by atoms with E-state index < -0.39 is 24.0 Å². The molecule has 17 heavy (non-hydrogen) atoms. The van der Waals surface area contributed by atoms with E-state index in [2.05, 4.69) is 19.4 Å². The lowest BCUT2D eigenvalue weighted by Gasteiger charge is -2.10. The van der Waals surface area contributed by atoms with Gasteiger partial charge in [0.2, 0.25) is 11.0 Å². The Bertz CT molecular complexity index is 394. The second-order valence-corrected chi connectivity index (χ2v) is 3.79. The van der Waals surface area contributed by atoms with Gasteiger partial charge in [0.05, 0.1) is 6.61 Å². The Morgan fingerprint density at radius 3 is 2.71 bits per heavy atom. The van der Waals surface area contributed by atoms with Crippen LogP contribution in [0.25, 0.3) is 0 Å². The zero-order valence-corrected chi connectivity index (χ0v) is 9.85.